The molecule has 1 N–H and O–H groups in total. The molecule has 5 nitrogen and oxygen atoms in total. The highest BCUT2D eigenvalue weighted by molar-refractivity contribution is 6.02. The molecular formula is C19H25NO4. The zero-order valence-electron chi connectivity index (χ0n) is 14.4. The molecule has 0 radical (unpaired) electrons. The molecule has 0 aliphatic carbocycles. The first-order chi connectivity index (χ1) is 11.7. The van der Waals surface area contributed by atoms with Gasteiger partial charge in [-0.1, -0.05) is 13.3 Å². The highest BCUT2D eigenvalue weighted by atomic mass is 16.5. The van der Waals surface area contributed by atoms with Gasteiger partial charge >= 0.3 is 5.97 Å². The minimum absolute atomic E-state index is 0.0740. The summed E-state index contributed by atoms with van der Waals surface area (Å²) in [5, 5.41) is 10.5. The van der Waals surface area contributed by atoms with Crippen LogP contribution in [0.1, 0.15) is 55.1 Å². The van der Waals surface area contributed by atoms with E-state index >= 15 is 0 Å². The molecule has 1 aromatic heterocycles. The Labute approximate surface area is 142 Å². The second-order valence-corrected chi connectivity index (χ2v) is 6.39. The van der Waals surface area contributed by atoms with Crippen molar-refractivity contribution in [2.75, 3.05) is 25.1 Å². The van der Waals surface area contributed by atoms with Crippen LogP contribution in [0.4, 0.5) is 5.69 Å². The predicted molar refractivity (Wildman–Crippen MR) is 94.4 cm³/mol. The van der Waals surface area contributed by atoms with Gasteiger partial charge in [-0.3, -0.25) is 0 Å². The van der Waals surface area contributed by atoms with Crippen LogP contribution in [0.5, 0.6) is 5.75 Å². The standard InChI is InChI=1S/C19H25NO4/c1-3-4-8-14-17-15(20-9-6-5-7-10-20)11-13(23-2)12-16(17)24-18(14)19(21)22/h11-12H,3-10H2,1-2H3,(H,21,22). The normalized spacial score (nSPS) is 15.0. The van der Waals surface area contributed by atoms with E-state index in [1.807, 2.05) is 6.07 Å². The Bertz CT molecular complexity index is 729. The SMILES string of the molecule is CCCCc1c(C(=O)O)oc2cc(OC)cc(N3CCCCC3)c12. The van der Waals surface area contributed by atoms with Crippen molar-refractivity contribution in [3.63, 3.8) is 0 Å². The number of rotatable bonds is 6. The van der Waals surface area contributed by atoms with Gasteiger partial charge in [0, 0.05) is 36.2 Å². The van der Waals surface area contributed by atoms with Gasteiger partial charge in [0.2, 0.25) is 5.76 Å². The maximum absolute atomic E-state index is 11.7. The van der Waals surface area contributed by atoms with Crippen molar-refractivity contribution < 1.29 is 19.1 Å². The fourth-order valence-corrected chi connectivity index (χ4v) is 3.51. The van der Waals surface area contributed by atoms with E-state index in [9.17, 15) is 9.90 Å². The van der Waals surface area contributed by atoms with Crippen molar-refractivity contribution in [2.24, 2.45) is 0 Å². The number of aromatic carboxylic acids is 1. The third-order valence-corrected chi connectivity index (χ3v) is 4.75. The number of hydrogen-bond acceptors (Lipinski definition) is 4. The zero-order chi connectivity index (χ0) is 17.1. The van der Waals surface area contributed by atoms with Gasteiger partial charge < -0.3 is 19.2 Å². The predicted octanol–water partition coefficient (Wildman–Crippen LogP) is 4.47. The van der Waals surface area contributed by atoms with E-state index in [1.165, 1.54) is 6.42 Å². The highest BCUT2D eigenvalue weighted by Crippen LogP contribution is 2.39. The first-order valence-electron chi connectivity index (χ1n) is 8.77. The second-order valence-electron chi connectivity index (χ2n) is 6.39. The van der Waals surface area contributed by atoms with Crippen LogP contribution < -0.4 is 9.64 Å². The molecule has 24 heavy (non-hydrogen) atoms. The smallest absolute Gasteiger partial charge is 0.372 e. The highest BCUT2D eigenvalue weighted by Gasteiger charge is 2.25. The van der Waals surface area contributed by atoms with Gasteiger partial charge in [-0.15, -0.1) is 0 Å². The lowest BCUT2D eigenvalue weighted by atomic mass is 10.0. The van der Waals surface area contributed by atoms with E-state index in [2.05, 4.69) is 11.8 Å². The van der Waals surface area contributed by atoms with Gasteiger partial charge in [0.05, 0.1) is 12.8 Å². The van der Waals surface area contributed by atoms with Gasteiger partial charge in [0.1, 0.15) is 11.3 Å². The first-order valence-corrected chi connectivity index (χ1v) is 8.77. The molecule has 130 valence electrons. The lowest BCUT2D eigenvalue weighted by Gasteiger charge is -2.30. The average Bonchev–Trinajstić information content (AvgIpc) is 2.98. The average molecular weight is 331 g/mol. The Morgan fingerprint density at radius 1 is 1.29 bits per heavy atom. The summed E-state index contributed by atoms with van der Waals surface area (Å²) in [6, 6.07) is 3.81. The number of nitrogens with zero attached hydrogens (tertiary/aromatic N) is 1. The summed E-state index contributed by atoms with van der Waals surface area (Å²) >= 11 is 0. The maximum Gasteiger partial charge on any atom is 0.372 e. The molecule has 0 atom stereocenters. The van der Waals surface area contributed by atoms with Crippen molar-refractivity contribution in [3.8, 4) is 5.75 Å². The summed E-state index contributed by atoms with van der Waals surface area (Å²) in [4.78, 5) is 14.0. The molecule has 1 aromatic carbocycles. The van der Waals surface area contributed by atoms with Crippen LogP contribution in [-0.2, 0) is 6.42 Å². The molecule has 5 heteroatoms. The summed E-state index contributed by atoms with van der Waals surface area (Å²) in [6.07, 6.45) is 6.25. The molecule has 2 heterocycles. The van der Waals surface area contributed by atoms with Crippen molar-refractivity contribution >= 4 is 22.6 Å². The number of methoxy groups -OCH3 is 1. The number of carboxylic acids is 1. The van der Waals surface area contributed by atoms with Crippen LogP contribution >= 0.6 is 0 Å². The summed E-state index contributed by atoms with van der Waals surface area (Å²) in [6.45, 7) is 4.09. The van der Waals surface area contributed by atoms with Gasteiger partial charge in [-0.25, -0.2) is 4.79 Å². The lowest BCUT2D eigenvalue weighted by molar-refractivity contribution is 0.0663. The molecule has 1 aliphatic rings. The monoisotopic (exact) mass is 331 g/mol. The maximum atomic E-state index is 11.7. The topological polar surface area (TPSA) is 62.9 Å². The van der Waals surface area contributed by atoms with E-state index in [0.717, 1.165) is 61.8 Å². The lowest BCUT2D eigenvalue weighted by Crippen LogP contribution is -2.29. The first kappa shape index (κ1) is 16.7. The molecule has 1 saturated heterocycles. The van der Waals surface area contributed by atoms with E-state index in [1.54, 1.807) is 13.2 Å². The Hall–Kier alpha value is -2.17. The Morgan fingerprint density at radius 3 is 2.67 bits per heavy atom. The summed E-state index contributed by atoms with van der Waals surface area (Å²) in [5.74, 6) is -0.221. The molecule has 0 bridgehead atoms. The van der Waals surface area contributed by atoms with Gasteiger partial charge in [-0.2, -0.15) is 0 Å². The van der Waals surface area contributed by atoms with Crippen LogP contribution in [0.3, 0.4) is 0 Å². The number of furan rings is 1. The van der Waals surface area contributed by atoms with Crippen molar-refractivity contribution in [1.29, 1.82) is 0 Å². The van der Waals surface area contributed by atoms with E-state index in [4.69, 9.17) is 9.15 Å². The number of anilines is 1. The second kappa shape index (κ2) is 7.16. The summed E-state index contributed by atoms with van der Waals surface area (Å²) < 4.78 is 11.1. The minimum Gasteiger partial charge on any atom is -0.497 e. The van der Waals surface area contributed by atoms with Crippen molar-refractivity contribution in [1.82, 2.24) is 0 Å². The van der Waals surface area contributed by atoms with Crippen LogP contribution in [0.15, 0.2) is 16.5 Å². The largest absolute Gasteiger partial charge is 0.497 e. The number of carbonyl (C=O) groups is 1. The number of aryl methyl sites for hydroxylation is 1. The summed E-state index contributed by atoms with van der Waals surface area (Å²) in [5.41, 5.74) is 2.48. The molecular weight excluding hydrogens is 306 g/mol. The molecule has 1 fully saturated rings. The van der Waals surface area contributed by atoms with Gasteiger partial charge in [0.15, 0.2) is 0 Å². The molecule has 0 unspecified atom stereocenters. The number of unbranched alkanes of at least 4 members (excludes halogenated alkanes) is 1. The quantitative estimate of drug-likeness (QED) is 0.846. The van der Waals surface area contributed by atoms with Crippen LogP contribution in [-0.4, -0.2) is 31.3 Å². The minimum atomic E-state index is -0.999. The van der Waals surface area contributed by atoms with Crippen LogP contribution in [0.2, 0.25) is 0 Å². The Balaban J connectivity index is 2.20. The Kier molecular flexibility index (Phi) is 4.97. The third kappa shape index (κ3) is 3.07. The number of benzene rings is 1. The number of hydrogen-bond donors (Lipinski definition) is 1. The van der Waals surface area contributed by atoms with Gasteiger partial charge in [0.25, 0.3) is 0 Å². The molecule has 1 aliphatic heterocycles. The summed E-state index contributed by atoms with van der Waals surface area (Å²) in [7, 11) is 1.63. The van der Waals surface area contributed by atoms with Crippen LogP contribution in [0, 0.1) is 0 Å². The van der Waals surface area contributed by atoms with Crippen LogP contribution in [0.25, 0.3) is 11.0 Å². The molecule has 0 saturated carbocycles. The van der Waals surface area contributed by atoms with E-state index < -0.39 is 5.97 Å². The van der Waals surface area contributed by atoms with E-state index in [-0.39, 0.29) is 5.76 Å². The fraction of sp³-hybridized carbons (Fsp3) is 0.526. The number of piperidine rings is 1. The van der Waals surface area contributed by atoms with Crippen molar-refractivity contribution in [3.05, 3.63) is 23.5 Å². The number of fused-ring (bicyclic) bond motifs is 1. The van der Waals surface area contributed by atoms with Crippen molar-refractivity contribution in [2.45, 2.75) is 45.4 Å². The fourth-order valence-electron chi connectivity index (χ4n) is 3.51. The zero-order valence-corrected chi connectivity index (χ0v) is 14.4. The Morgan fingerprint density at radius 2 is 2.04 bits per heavy atom. The molecule has 2 aromatic rings. The third-order valence-electron chi connectivity index (χ3n) is 4.75. The molecule has 3 rings (SSSR count). The number of ether oxygens (including phenoxy) is 1. The van der Waals surface area contributed by atoms with Gasteiger partial charge in [-0.05, 0) is 32.1 Å². The number of carboxylic acid groups (broad SMARTS) is 1. The molecule has 0 amide bonds. The van der Waals surface area contributed by atoms with E-state index in [0.29, 0.717) is 11.3 Å². The molecule has 0 spiro atoms.